The lowest BCUT2D eigenvalue weighted by Crippen LogP contribution is -1.91. The molecule has 0 saturated heterocycles. The Bertz CT molecular complexity index is 297. The Hall–Kier alpha value is -1.82. The maximum Gasteiger partial charge on any atom is 0.385 e. The molecule has 0 aromatic heterocycles. The van der Waals surface area contributed by atoms with E-state index < -0.39 is 0 Å². The largest absolute Gasteiger partial charge is 0.490 e. The number of benzene rings is 1. The summed E-state index contributed by atoms with van der Waals surface area (Å²) in [5, 5.41) is 8.37. The highest BCUT2D eigenvalue weighted by Crippen LogP contribution is 2.17. The summed E-state index contributed by atoms with van der Waals surface area (Å²) in [6, 6.07) is 6.80. The second kappa shape index (κ2) is 4.14. The van der Waals surface area contributed by atoms with Gasteiger partial charge in [0.15, 0.2) is 4.98 Å². The number of rotatable bonds is 3. The van der Waals surface area contributed by atoms with Crippen LogP contribution in [0.15, 0.2) is 36.9 Å². The maximum atomic E-state index is 8.37. The van der Waals surface area contributed by atoms with E-state index in [1.54, 1.807) is 30.3 Å². The quantitative estimate of drug-likeness (QED) is 0.505. The first-order chi connectivity index (χ1) is 5.86. The second-order valence-electron chi connectivity index (χ2n) is 2.19. The van der Waals surface area contributed by atoms with Crippen LogP contribution < -0.4 is 4.74 Å². The van der Waals surface area contributed by atoms with Gasteiger partial charge in [-0.2, -0.15) is 0 Å². The van der Waals surface area contributed by atoms with Crippen molar-refractivity contribution in [2.45, 2.75) is 0 Å². The highest BCUT2D eigenvalue weighted by Gasteiger charge is 2.01. The van der Waals surface area contributed by atoms with Crippen LogP contribution in [0.2, 0.25) is 0 Å². The zero-order valence-corrected chi connectivity index (χ0v) is 6.60. The number of hydrogen-bond acceptors (Lipinski definition) is 2. The smallest absolute Gasteiger partial charge is 0.385 e. The number of ether oxygens (including phenoxy) is 1. The van der Waals surface area contributed by atoms with Crippen LogP contribution in [0.1, 0.15) is 0 Å². The Morgan fingerprint density at radius 1 is 1.42 bits per heavy atom. The van der Waals surface area contributed by atoms with Crippen LogP contribution in [-0.2, 0) is 0 Å². The Balaban J connectivity index is 2.66. The van der Waals surface area contributed by atoms with Gasteiger partial charge in [0.25, 0.3) is 0 Å². The van der Waals surface area contributed by atoms with Gasteiger partial charge in [-0.25, -0.2) is 0 Å². The summed E-state index contributed by atoms with van der Waals surface area (Å²) in [7, 11) is 0. The summed E-state index contributed by atoms with van der Waals surface area (Å²) >= 11 is 0. The first-order valence-corrected chi connectivity index (χ1v) is 3.55. The van der Waals surface area contributed by atoms with Crippen LogP contribution in [0.4, 0.5) is 5.69 Å². The second-order valence-corrected chi connectivity index (χ2v) is 2.19. The molecule has 0 aliphatic heterocycles. The van der Waals surface area contributed by atoms with E-state index in [-0.39, 0.29) is 0 Å². The molecule has 0 spiro atoms. The van der Waals surface area contributed by atoms with Gasteiger partial charge in [-0.3, -0.25) is 0 Å². The molecule has 0 aliphatic rings. The van der Waals surface area contributed by atoms with Crippen LogP contribution in [-0.4, -0.2) is 6.61 Å². The lowest BCUT2D eigenvalue weighted by atomic mass is 10.3. The van der Waals surface area contributed by atoms with Gasteiger partial charge in [-0.15, -0.1) is 0 Å². The first kappa shape index (κ1) is 8.28. The fourth-order valence-electron chi connectivity index (χ4n) is 0.764. The molecule has 0 amide bonds. The summed E-state index contributed by atoms with van der Waals surface area (Å²) in [6.45, 7) is 4.01. The van der Waals surface area contributed by atoms with Gasteiger partial charge in [0.1, 0.15) is 12.4 Å². The van der Waals surface area contributed by atoms with E-state index in [0.29, 0.717) is 12.3 Å². The van der Waals surface area contributed by atoms with Crippen molar-refractivity contribution in [1.82, 2.24) is 0 Å². The highest BCUT2D eigenvalue weighted by atomic mass is 16.5. The molecule has 0 unspecified atom stereocenters. The van der Waals surface area contributed by atoms with Crippen molar-refractivity contribution < 1.29 is 4.74 Å². The molecule has 1 aromatic rings. The molecular weight excluding hydrogens is 152 g/mol. The van der Waals surface area contributed by atoms with E-state index in [1.807, 2.05) is 0 Å². The van der Waals surface area contributed by atoms with Crippen LogP contribution in [0.5, 0.6) is 5.75 Å². The van der Waals surface area contributed by atoms with Gasteiger partial charge in [-0.05, 0) is 12.1 Å². The van der Waals surface area contributed by atoms with E-state index in [9.17, 15) is 0 Å². The molecule has 1 rings (SSSR count). The van der Waals surface area contributed by atoms with E-state index in [1.165, 1.54) is 0 Å². The Kier molecular flexibility index (Phi) is 2.86. The minimum absolute atomic E-state index is 0.482. The van der Waals surface area contributed by atoms with Crippen LogP contribution in [0, 0.1) is 5.39 Å². The van der Waals surface area contributed by atoms with Crippen molar-refractivity contribution in [3.63, 3.8) is 0 Å². The van der Waals surface area contributed by atoms with Crippen molar-refractivity contribution in [2.75, 3.05) is 6.61 Å². The molecule has 1 aromatic carbocycles. The van der Waals surface area contributed by atoms with Gasteiger partial charge in [0.05, 0.1) is 0 Å². The zero-order valence-electron chi connectivity index (χ0n) is 6.60. The van der Waals surface area contributed by atoms with Crippen LogP contribution in [0.25, 0.3) is 4.98 Å². The molecule has 0 heterocycles. The molecule has 0 N–H and O–H groups in total. The van der Waals surface area contributed by atoms with E-state index >= 15 is 0 Å². The Morgan fingerprint density at radius 2 is 2.08 bits per heavy atom. The molecule has 0 saturated carbocycles. The molecule has 0 fully saturated rings. The Labute approximate surface area is 70.9 Å². The summed E-state index contributed by atoms with van der Waals surface area (Å²) in [5.74, 6) is 0.738. The molecule has 60 valence electrons. The molecule has 3 heteroatoms. The summed E-state index contributed by atoms with van der Waals surface area (Å²) in [6.07, 6.45) is 1.67. The fourth-order valence-corrected chi connectivity index (χ4v) is 0.764. The SMILES string of the molecule is C=CCOc1ccc([N+]#N)cc1. The third kappa shape index (κ3) is 2.10. The van der Waals surface area contributed by atoms with Crippen molar-refractivity contribution >= 4 is 5.69 Å². The molecular formula is C9H9N2O+. The average molecular weight is 161 g/mol. The standard InChI is InChI=1S/C9H9N2O/c1-2-7-12-9-5-3-8(11-10)4-6-9/h2-6H,1,7H2/q+1. The van der Waals surface area contributed by atoms with Gasteiger partial charge in [0.2, 0.25) is 5.39 Å². The van der Waals surface area contributed by atoms with Gasteiger partial charge < -0.3 is 4.74 Å². The summed E-state index contributed by atoms with van der Waals surface area (Å²) in [5.41, 5.74) is 0.515. The lowest BCUT2D eigenvalue weighted by molar-refractivity contribution is 0.363. The number of diazo groups is 1. The zero-order chi connectivity index (χ0) is 8.81. The fraction of sp³-hybridized carbons (Fsp3) is 0.111. The summed E-state index contributed by atoms with van der Waals surface area (Å²) < 4.78 is 5.21. The summed E-state index contributed by atoms with van der Waals surface area (Å²) in [4.78, 5) is 3.02. The monoisotopic (exact) mass is 161 g/mol. The van der Waals surface area contributed by atoms with Crippen LogP contribution in [0.3, 0.4) is 0 Å². The van der Waals surface area contributed by atoms with E-state index in [0.717, 1.165) is 5.75 Å². The minimum Gasteiger partial charge on any atom is -0.490 e. The maximum absolute atomic E-state index is 8.37. The molecule has 3 nitrogen and oxygen atoms in total. The van der Waals surface area contributed by atoms with E-state index in [2.05, 4.69) is 11.6 Å². The van der Waals surface area contributed by atoms with Gasteiger partial charge >= 0.3 is 5.69 Å². The predicted octanol–water partition coefficient (Wildman–Crippen LogP) is 2.74. The molecule has 0 atom stereocenters. The van der Waals surface area contributed by atoms with E-state index in [4.69, 9.17) is 10.1 Å². The topological polar surface area (TPSA) is 37.4 Å². The predicted molar refractivity (Wildman–Crippen MR) is 46.9 cm³/mol. The van der Waals surface area contributed by atoms with Crippen molar-refractivity contribution in [1.29, 1.82) is 5.39 Å². The Morgan fingerprint density at radius 3 is 2.58 bits per heavy atom. The molecule has 12 heavy (non-hydrogen) atoms. The van der Waals surface area contributed by atoms with Crippen molar-refractivity contribution in [3.8, 4) is 5.75 Å². The van der Waals surface area contributed by atoms with Crippen molar-refractivity contribution in [3.05, 3.63) is 41.9 Å². The van der Waals surface area contributed by atoms with Crippen molar-refractivity contribution in [2.24, 2.45) is 0 Å². The number of nitrogens with zero attached hydrogens (tertiary/aromatic N) is 2. The van der Waals surface area contributed by atoms with Gasteiger partial charge in [0, 0.05) is 12.1 Å². The van der Waals surface area contributed by atoms with Crippen LogP contribution >= 0.6 is 0 Å². The normalized spacial score (nSPS) is 8.58. The molecule has 0 radical (unpaired) electrons. The third-order valence-electron chi connectivity index (χ3n) is 1.32. The molecule has 0 bridgehead atoms. The number of hydrogen-bond donors (Lipinski definition) is 0. The minimum atomic E-state index is 0.482. The lowest BCUT2D eigenvalue weighted by Gasteiger charge is -1.99. The first-order valence-electron chi connectivity index (χ1n) is 3.55. The molecule has 0 aliphatic carbocycles. The highest BCUT2D eigenvalue weighted by molar-refractivity contribution is 5.46. The average Bonchev–Trinajstić information content (AvgIpc) is 2.15. The third-order valence-corrected chi connectivity index (χ3v) is 1.32. The van der Waals surface area contributed by atoms with Gasteiger partial charge in [-0.1, -0.05) is 12.7 Å².